The van der Waals surface area contributed by atoms with Crippen molar-refractivity contribution in [2.75, 3.05) is 13.7 Å². The highest BCUT2D eigenvalue weighted by Gasteiger charge is 2.53. The first kappa shape index (κ1) is 28.2. The van der Waals surface area contributed by atoms with Crippen LogP contribution in [0.2, 0.25) is 0 Å². The first-order valence-corrected chi connectivity index (χ1v) is 11.4. The van der Waals surface area contributed by atoms with Gasteiger partial charge in [-0.15, -0.1) is 13.2 Å². The summed E-state index contributed by atoms with van der Waals surface area (Å²) in [6.45, 7) is 10.00. The molecular weight excluding hydrogens is 456 g/mol. The molecule has 1 aliphatic rings. The second kappa shape index (κ2) is 13.8. The summed E-state index contributed by atoms with van der Waals surface area (Å²) in [5.41, 5.74) is 0.247. The van der Waals surface area contributed by atoms with Gasteiger partial charge in [-0.2, -0.15) is 0 Å². The van der Waals surface area contributed by atoms with Crippen LogP contribution in [0.15, 0.2) is 55.6 Å². The molecule has 1 aliphatic heterocycles. The van der Waals surface area contributed by atoms with Crippen molar-refractivity contribution in [3.05, 3.63) is 61.2 Å². The van der Waals surface area contributed by atoms with Gasteiger partial charge in [0.2, 0.25) is 0 Å². The lowest BCUT2D eigenvalue weighted by Crippen LogP contribution is -2.63. The second-order valence-electron chi connectivity index (χ2n) is 8.35. The van der Waals surface area contributed by atoms with Crippen molar-refractivity contribution in [3.8, 4) is 0 Å². The van der Waals surface area contributed by atoms with E-state index in [1.165, 1.54) is 7.11 Å². The van der Waals surface area contributed by atoms with Crippen LogP contribution in [0, 0.1) is 11.8 Å². The minimum Gasteiger partial charge on any atom is -0.454 e. The number of allylic oxidation sites excluding steroid dienone is 2. The van der Waals surface area contributed by atoms with Crippen LogP contribution < -0.4 is 0 Å². The van der Waals surface area contributed by atoms with Gasteiger partial charge in [0.15, 0.2) is 24.6 Å². The molecule has 2 rings (SSSR count). The van der Waals surface area contributed by atoms with Crippen molar-refractivity contribution in [3.63, 3.8) is 0 Å². The smallest absolute Gasteiger partial charge is 0.338 e. The van der Waals surface area contributed by atoms with Gasteiger partial charge in [0, 0.05) is 7.11 Å². The number of ether oxygens (including phenoxy) is 5. The topological polar surface area (TPSA) is 118 Å². The van der Waals surface area contributed by atoms with Crippen LogP contribution in [0.4, 0.5) is 0 Å². The minimum absolute atomic E-state index is 0.247. The van der Waals surface area contributed by atoms with E-state index in [1.807, 2.05) is 0 Å². The third-order valence-corrected chi connectivity index (χ3v) is 5.61. The maximum Gasteiger partial charge on any atom is 0.338 e. The van der Waals surface area contributed by atoms with Gasteiger partial charge in [0.05, 0.1) is 24.0 Å². The molecule has 0 aliphatic carbocycles. The Bertz CT molecular complexity index is 869. The number of hydrogen-bond acceptors (Lipinski definition) is 9. The van der Waals surface area contributed by atoms with Gasteiger partial charge in [0.1, 0.15) is 6.10 Å². The summed E-state index contributed by atoms with van der Waals surface area (Å²) in [6, 6.07) is 8.18. The van der Waals surface area contributed by atoms with Crippen LogP contribution in [-0.4, -0.2) is 67.4 Å². The number of esters is 3. The van der Waals surface area contributed by atoms with E-state index in [0.29, 0.717) is 12.8 Å². The van der Waals surface area contributed by atoms with Crippen LogP contribution in [0.5, 0.6) is 0 Å². The van der Waals surface area contributed by atoms with Crippen molar-refractivity contribution in [2.45, 2.75) is 57.4 Å². The first-order chi connectivity index (χ1) is 16.8. The number of methoxy groups -OCH3 is 1. The standard InChI is InChI=1S/C26H34O9/c1-6-11-16(3)23(28)34-21-20(33-25(30)18-13-9-8-10-14-18)19(15-27)32-26(31-5)22(21)35-24(29)17(4)12-7-2/h6-10,13-14,16-17,19-22,26-27H,1-2,11-12,15H2,3-5H3/t16-,17-,19-,20+,21+,22-,26+/m1/s1. The summed E-state index contributed by atoms with van der Waals surface area (Å²) in [4.78, 5) is 38.4. The van der Waals surface area contributed by atoms with Crippen LogP contribution in [0.25, 0.3) is 0 Å². The third-order valence-electron chi connectivity index (χ3n) is 5.61. The zero-order valence-corrected chi connectivity index (χ0v) is 20.3. The summed E-state index contributed by atoms with van der Waals surface area (Å²) in [7, 11) is 1.32. The zero-order chi connectivity index (χ0) is 26.0. The van der Waals surface area contributed by atoms with Gasteiger partial charge < -0.3 is 28.8 Å². The molecular formula is C26H34O9. The van der Waals surface area contributed by atoms with E-state index < -0.39 is 67.1 Å². The Balaban J connectivity index is 2.43. The maximum absolute atomic E-state index is 12.9. The molecule has 1 fully saturated rings. The molecule has 0 bridgehead atoms. The number of aliphatic hydroxyl groups excluding tert-OH is 1. The van der Waals surface area contributed by atoms with Gasteiger partial charge in [-0.05, 0) is 25.0 Å². The van der Waals surface area contributed by atoms with E-state index >= 15 is 0 Å². The molecule has 192 valence electrons. The molecule has 1 saturated heterocycles. The number of rotatable bonds is 12. The summed E-state index contributed by atoms with van der Waals surface area (Å²) >= 11 is 0. The first-order valence-electron chi connectivity index (χ1n) is 11.4. The molecule has 1 N–H and O–H groups in total. The highest BCUT2D eigenvalue weighted by Crippen LogP contribution is 2.31. The predicted molar refractivity (Wildman–Crippen MR) is 126 cm³/mol. The molecule has 0 unspecified atom stereocenters. The lowest BCUT2D eigenvalue weighted by atomic mass is 9.97. The summed E-state index contributed by atoms with van der Waals surface area (Å²) in [6.07, 6.45) is -2.30. The average Bonchev–Trinajstić information content (AvgIpc) is 2.86. The largest absolute Gasteiger partial charge is 0.454 e. The Labute approximate surface area is 205 Å². The fourth-order valence-corrected chi connectivity index (χ4v) is 3.58. The average molecular weight is 491 g/mol. The van der Waals surface area contributed by atoms with Crippen LogP contribution >= 0.6 is 0 Å². The molecule has 9 nitrogen and oxygen atoms in total. The van der Waals surface area contributed by atoms with E-state index in [4.69, 9.17) is 23.7 Å². The molecule has 9 heteroatoms. The molecule has 0 spiro atoms. The molecule has 0 amide bonds. The number of benzene rings is 1. The van der Waals surface area contributed by atoms with Gasteiger partial charge in [0.25, 0.3) is 0 Å². The Kier molecular flexibility index (Phi) is 11.1. The fourth-order valence-electron chi connectivity index (χ4n) is 3.58. The van der Waals surface area contributed by atoms with E-state index in [-0.39, 0.29) is 5.56 Å². The monoisotopic (exact) mass is 490 g/mol. The van der Waals surface area contributed by atoms with E-state index in [9.17, 15) is 19.5 Å². The van der Waals surface area contributed by atoms with Crippen molar-refractivity contribution >= 4 is 17.9 Å². The third kappa shape index (κ3) is 7.48. The highest BCUT2D eigenvalue weighted by atomic mass is 16.7. The summed E-state index contributed by atoms with van der Waals surface area (Å²) in [5, 5.41) is 9.99. The Morgan fingerprint density at radius 3 is 1.97 bits per heavy atom. The van der Waals surface area contributed by atoms with Crippen molar-refractivity contribution in [1.82, 2.24) is 0 Å². The summed E-state index contributed by atoms with van der Waals surface area (Å²) in [5.74, 6) is -3.05. The molecule has 7 atom stereocenters. The van der Waals surface area contributed by atoms with E-state index in [1.54, 1.807) is 56.3 Å². The van der Waals surface area contributed by atoms with Gasteiger partial charge in [-0.25, -0.2) is 4.79 Å². The quantitative estimate of drug-likeness (QED) is 0.268. The number of hydrogen-bond donors (Lipinski definition) is 1. The predicted octanol–water partition coefficient (Wildman–Crippen LogP) is 2.82. The van der Waals surface area contributed by atoms with Crippen LogP contribution in [0.1, 0.15) is 37.0 Å². The molecule has 1 aromatic rings. The maximum atomic E-state index is 12.9. The Morgan fingerprint density at radius 1 is 0.943 bits per heavy atom. The van der Waals surface area contributed by atoms with E-state index in [0.717, 1.165) is 0 Å². The van der Waals surface area contributed by atoms with Gasteiger partial charge in [-0.1, -0.05) is 44.2 Å². The molecule has 1 heterocycles. The molecule has 1 aromatic carbocycles. The Morgan fingerprint density at radius 2 is 1.49 bits per heavy atom. The van der Waals surface area contributed by atoms with Gasteiger partial charge in [-0.3, -0.25) is 9.59 Å². The Hall–Kier alpha value is -3.01. The zero-order valence-electron chi connectivity index (χ0n) is 20.3. The molecule has 0 radical (unpaired) electrons. The van der Waals surface area contributed by atoms with Crippen LogP contribution in [0.3, 0.4) is 0 Å². The van der Waals surface area contributed by atoms with Crippen molar-refractivity contribution < 1.29 is 43.2 Å². The molecule has 35 heavy (non-hydrogen) atoms. The molecule has 0 saturated carbocycles. The van der Waals surface area contributed by atoms with Gasteiger partial charge >= 0.3 is 17.9 Å². The fraction of sp³-hybridized carbons (Fsp3) is 0.500. The highest BCUT2D eigenvalue weighted by molar-refractivity contribution is 5.89. The SMILES string of the molecule is C=CC[C@@H](C)C(=O)O[C@H]1[C@@H](OC(=O)c2ccccc2)[C@@H](CO)O[C@H](OC)[C@@H]1OC(=O)[C@H](C)CC=C. The van der Waals surface area contributed by atoms with Crippen molar-refractivity contribution in [1.29, 1.82) is 0 Å². The van der Waals surface area contributed by atoms with E-state index in [2.05, 4.69) is 13.2 Å². The normalized spacial score (nSPS) is 25.5. The van der Waals surface area contributed by atoms with Crippen LogP contribution in [-0.2, 0) is 33.3 Å². The second-order valence-corrected chi connectivity index (χ2v) is 8.35. The summed E-state index contributed by atoms with van der Waals surface area (Å²) < 4.78 is 28.2. The lowest BCUT2D eigenvalue weighted by Gasteiger charge is -2.44. The minimum atomic E-state index is -1.31. The lowest BCUT2D eigenvalue weighted by molar-refractivity contribution is -0.301. The van der Waals surface area contributed by atoms with Crippen molar-refractivity contribution in [2.24, 2.45) is 11.8 Å². The number of aliphatic hydroxyl groups is 1. The number of carbonyl (C=O) groups is 3. The molecule has 0 aromatic heterocycles. The number of carbonyl (C=O) groups excluding carboxylic acids is 3.